The van der Waals surface area contributed by atoms with Crippen molar-refractivity contribution in [2.45, 2.75) is 58.8 Å². The Balaban J connectivity index is 0.000000273. The van der Waals surface area contributed by atoms with E-state index in [9.17, 15) is 0 Å². The second-order valence-corrected chi connectivity index (χ2v) is 17.8. The van der Waals surface area contributed by atoms with Crippen molar-refractivity contribution in [3.05, 3.63) is 196 Å². The van der Waals surface area contributed by atoms with Gasteiger partial charge in [-0.1, -0.05) is 101 Å². The van der Waals surface area contributed by atoms with Gasteiger partial charge >= 0.3 is 99.2 Å². The minimum absolute atomic E-state index is 0. The van der Waals surface area contributed by atoms with Gasteiger partial charge in [0.25, 0.3) is 0 Å². The summed E-state index contributed by atoms with van der Waals surface area (Å²) >= 11 is 13.9. The van der Waals surface area contributed by atoms with Crippen LogP contribution in [0, 0.1) is 6.08 Å². The van der Waals surface area contributed by atoms with Gasteiger partial charge in [0.05, 0.1) is 0 Å². The van der Waals surface area contributed by atoms with Crippen LogP contribution in [0.3, 0.4) is 0 Å². The molecule has 0 nitrogen and oxygen atoms in total. The molecule has 0 N–H and O–H groups in total. The van der Waals surface area contributed by atoms with Crippen LogP contribution in [0.1, 0.15) is 70.2 Å². The number of allylic oxidation sites excluding steroid dienone is 4. The molecule has 7 aromatic rings. The molecule has 5 heteroatoms. The molecular weight excluding hydrogens is 846 g/mol. The van der Waals surface area contributed by atoms with Crippen LogP contribution in [-0.4, -0.2) is 3.21 Å². The van der Waals surface area contributed by atoms with Gasteiger partial charge in [-0.05, 0) is 68.5 Å². The van der Waals surface area contributed by atoms with E-state index in [1.54, 1.807) is 0 Å². The first kappa shape index (κ1) is 45.3. The molecule has 0 unspecified atom stereocenters. The Morgan fingerprint density at radius 1 is 0.571 bits per heavy atom. The summed E-state index contributed by atoms with van der Waals surface area (Å²) in [6.07, 6.45) is 10.0. The van der Waals surface area contributed by atoms with Crippen LogP contribution in [0.15, 0.2) is 158 Å². The predicted octanol–water partition coefficient (Wildman–Crippen LogP) is 9.06. The summed E-state index contributed by atoms with van der Waals surface area (Å²) in [7, 11) is 0. The summed E-state index contributed by atoms with van der Waals surface area (Å²) in [5.41, 5.74) is 10.3. The molecule has 0 saturated carbocycles. The average Bonchev–Trinajstić information content (AvgIpc) is 3.86. The third-order valence-corrected chi connectivity index (χ3v) is 11.5. The SMILES string of the molecule is CC(C)(C)c1cc2c(cc1-c1ccc(Cl)cc1)[cH-]c1cc(-c3ccc(Cl)cc3)c(C(C)(C)C)cc12.[C-]1=CC=CC1.[Cl-].[Cl-].[Zr+2]=[C](c1ccccc1)c1ccccc1. The number of hydrogen-bond acceptors (Lipinski definition) is 0. The fourth-order valence-electron chi connectivity index (χ4n) is 6.80. The van der Waals surface area contributed by atoms with E-state index in [1.165, 1.54) is 93.5 Å². The fourth-order valence-corrected chi connectivity index (χ4v) is 7.87. The van der Waals surface area contributed by atoms with Gasteiger partial charge in [0.2, 0.25) is 0 Å². The number of benzene rings is 6. The van der Waals surface area contributed by atoms with Crippen molar-refractivity contribution in [3.8, 4) is 22.3 Å². The standard InChI is InChI=1S/C33H31Cl2.C13H10.C5H5.2ClH.Zr/c1-32(2,3)30-18-26-22(16-28(30)20-7-11-24(34)12-8-20)15-23-17-29(21-9-13-25(35)14-10-21)31(19-27(23)26)33(4,5)6;1-3-7-12(8-4-1)11-13-9-5-2-6-10-13;1-2-4-5-3-1;;;/h7-19H,1-6H3;1-10H;1-3H,4H2;2*1H;/q-1;;-1;;;+2/p-2. The van der Waals surface area contributed by atoms with E-state index in [-0.39, 0.29) is 35.6 Å². The molecule has 0 spiro atoms. The summed E-state index contributed by atoms with van der Waals surface area (Å²) in [6.45, 7) is 13.7. The molecule has 8 rings (SSSR count). The zero-order valence-corrected chi connectivity index (χ0v) is 38.2. The van der Waals surface area contributed by atoms with Crippen LogP contribution in [0.5, 0.6) is 0 Å². The Kier molecular flexibility index (Phi) is 16.0. The van der Waals surface area contributed by atoms with E-state index in [2.05, 4.69) is 169 Å². The number of fused-ring (bicyclic) bond motifs is 3. The van der Waals surface area contributed by atoms with E-state index in [0.29, 0.717) is 0 Å². The van der Waals surface area contributed by atoms with Crippen LogP contribution in [0.2, 0.25) is 10.0 Å². The molecule has 0 amide bonds. The van der Waals surface area contributed by atoms with E-state index in [1.807, 2.05) is 36.4 Å². The Morgan fingerprint density at radius 2 is 0.964 bits per heavy atom. The normalized spacial score (nSPS) is 11.9. The van der Waals surface area contributed by atoms with Gasteiger partial charge in [0.1, 0.15) is 0 Å². The van der Waals surface area contributed by atoms with Gasteiger partial charge in [0, 0.05) is 10.0 Å². The Labute approximate surface area is 371 Å². The third-order valence-electron chi connectivity index (χ3n) is 9.62. The van der Waals surface area contributed by atoms with Crippen molar-refractivity contribution >= 4 is 48.0 Å². The van der Waals surface area contributed by atoms with Crippen molar-refractivity contribution < 1.29 is 49.0 Å². The van der Waals surface area contributed by atoms with Crippen molar-refractivity contribution in [1.82, 2.24) is 0 Å². The maximum atomic E-state index is 6.20. The van der Waals surface area contributed by atoms with E-state index >= 15 is 0 Å². The summed E-state index contributed by atoms with van der Waals surface area (Å²) in [5.74, 6) is 0. The van der Waals surface area contributed by atoms with E-state index in [4.69, 9.17) is 23.2 Å². The molecule has 0 bridgehead atoms. The van der Waals surface area contributed by atoms with Crippen molar-refractivity contribution in [2.24, 2.45) is 0 Å². The van der Waals surface area contributed by atoms with E-state index < -0.39 is 0 Å². The van der Waals surface area contributed by atoms with Gasteiger partial charge in [0.15, 0.2) is 0 Å². The number of hydrogen-bond donors (Lipinski definition) is 0. The molecule has 1 aliphatic rings. The molecule has 0 aliphatic heterocycles. The Hall–Kier alpha value is -3.42. The molecular formula is C51H46Cl4Zr-2. The quantitative estimate of drug-likeness (QED) is 0.155. The molecule has 284 valence electrons. The fraction of sp³-hybridized carbons (Fsp3) is 0.176. The molecule has 56 heavy (non-hydrogen) atoms. The van der Waals surface area contributed by atoms with Crippen LogP contribution < -0.4 is 24.8 Å². The molecule has 0 radical (unpaired) electrons. The van der Waals surface area contributed by atoms with Crippen LogP contribution in [0.25, 0.3) is 43.8 Å². The first-order valence-electron chi connectivity index (χ1n) is 18.4. The van der Waals surface area contributed by atoms with Crippen molar-refractivity contribution in [1.29, 1.82) is 0 Å². The summed E-state index contributed by atoms with van der Waals surface area (Å²) in [6, 6.07) is 49.4. The first-order valence-corrected chi connectivity index (χ1v) is 20.4. The molecule has 0 fully saturated rings. The predicted molar refractivity (Wildman–Crippen MR) is 233 cm³/mol. The maximum absolute atomic E-state index is 6.20. The van der Waals surface area contributed by atoms with Crippen molar-refractivity contribution in [3.63, 3.8) is 0 Å². The minimum atomic E-state index is 0. The van der Waals surface area contributed by atoms with E-state index in [0.717, 1.165) is 16.5 Å². The molecule has 0 saturated heterocycles. The first-order chi connectivity index (χ1) is 25.8. The van der Waals surface area contributed by atoms with Gasteiger partial charge < -0.3 is 24.8 Å². The van der Waals surface area contributed by atoms with Gasteiger partial charge in [-0.2, -0.15) is 6.08 Å². The Bertz CT molecular complexity index is 2260. The molecule has 1 aliphatic carbocycles. The monoisotopic (exact) mass is 888 g/mol. The molecule has 7 aromatic carbocycles. The summed E-state index contributed by atoms with van der Waals surface area (Å²) in [4.78, 5) is 0. The summed E-state index contributed by atoms with van der Waals surface area (Å²) < 4.78 is 1.42. The number of halogens is 4. The molecule has 0 aromatic heterocycles. The summed E-state index contributed by atoms with van der Waals surface area (Å²) in [5, 5.41) is 6.69. The van der Waals surface area contributed by atoms with Gasteiger partial charge in [-0.25, -0.2) is 12.2 Å². The molecule has 0 heterocycles. The molecule has 0 atom stereocenters. The topological polar surface area (TPSA) is 0 Å². The second kappa shape index (κ2) is 19.8. The third kappa shape index (κ3) is 11.2. The number of rotatable bonds is 4. The van der Waals surface area contributed by atoms with Crippen LogP contribution in [0.4, 0.5) is 0 Å². The van der Waals surface area contributed by atoms with Crippen LogP contribution >= 0.6 is 23.2 Å². The average molecular weight is 892 g/mol. The Morgan fingerprint density at radius 3 is 1.27 bits per heavy atom. The van der Waals surface area contributed by atoms with Crippen LogP contribution in [-0.2, 0) is 35.1 Å². The van der Waals surface area contributed by atoms with Gasteiger partial charge in [-0.15, -0.1) is 46.2 Å². The second-order valence-electron chi connectivity index (χ2n) is 15.7. The van der Waals surface area contributed by atoms with Gasteiger partial charge in [-0.3, -0.25) is 6.08 Å². The zero-order valence-electron chi connectivity index (χ0n) is 32.7. The zero-order chi connectivity index (χ0) is 38.5. The van der Waals surface area contributed by atoms with Crippen molar-refractivity contribution in [2.75, 3.05) is 0 Å².